The number of carbonyl (C=O) groups is 1. The normalized spacial score (nSPS) is 11.0. The van der Waals surface area contributed by atoms with Crippen molar-refractivity contribution in [2.75, 3.05) is 6.54 Å². The molecule has 0 saturated carbocycles. The van der Waals surface area contributed by atoms with Crippen molar-refractivity contribution in [2.45, 2.75) is 18.9 Å². The lowest BCUT2D eigenvalue weighted by atomic mass is 9.88. The predicted molar refractivity (Wildman–Crippen MR) is 123 cm³/mol. The van der Waals surface area contributed by atoms with E-state index in [0.29, 0.717) is 22.5 Å². The number of hydrogen-bond acceptors (Lipinski definition) is 3. The van der Waals surface area contributed by atoms with Crippen molar-refractivity contribution in [3.05, 3.63) is 112 Å². The highest BCUT2D eigenvalue weighted by Crippen LogP contribution is 2.27. The van der Waals surface area contributed by atoms with Crippen molar-refractivity contribution in [1.29, 1.82) is 0 Å². The van der Waals surface area contributed by atoms with E-state index >= 15 is 0 Å². The van der Waals surface area contributed by atoms with Crippen molar-refractivity contribution in [3.63, 3.8) is 0 Å². The Balaban J connectivity index is 1.43. The molecule has 1 N–H and O–H groups in total. The van der Waals surface area contributed by atoms with Gasteiger partial charge in [0.1, 0.15) is 6.54 Å². The van der Waals surface area contributed by atoms with Crippen LogP contribution in [0.5, 0.6) is 0 Å². The van der Waals surface area contributed by atoms with Gasteiger partial charge in [0.2, 0.25) is 5.91 Å². The molecule has 4 aromatic rings. The summed E-state index contributed by atoms with van der Waals surface area (Å²) in [6.07, 6.45) is 2.15. The topological polar surface area (TPSA) is 64.0 Å². The summed E-state index contributed by atoms with van der Waals surface area (Å²) in [6, 6.07) is 25.4. The Hall–Kier alpha value is -3.44. The Morgan fingerprint density at radius 1 is 0.968 bits per heavy atom. The number of hydrogen-bond donors (Lipinski definition) is 1. The van der Waals surface area contributed by atoms with Crippen molar-refractivity contribution in [2.24, 2.45) is 0 Å². The molecule has 6 heteroatoms. The molecule has 0 aliphatic rings. The van der Waals surface area contributed by atoms with Crippen molar-refractivity contribution < 1.29 is 4.79 Å². The Morgan fingerprint density at radius 3 is 2.26 bits per heavy atom. The number of nitrogens with one attached hydrogen (secondary N) is 1. The van der Waals surface area contributed by atoms with Gasteiger partial charge in [-0.2, -0.15) is 0 Å². The van der Waals surface area contributed by atoms with E-state index in [1.165, 1.54) is 22.0 Å². The van der Waals surface area contributed by atoms with Gasteiger partial charge in [-0.05, 0) is 35.7 Å². The molecule has 1 amide bonds. The molecular weight excluding hydrogens is 410 g/mol. The van der Waals surface area contributed by atoms with Gasteiger partial charge in [0.05, 0.1) is 17.2 Å². The minimum absolute atomic E-state index is 0.0877. The van der Waals surface area contributed by atoms with Gasteiger partial charge in [-0.15, -0.1) is 0 Å². The fraction of sp³-hybridized carbons (Fsp3) is 0.160. The van der Waals surface area contributed by atoms with Gasteiger partial charge in [0.15, 0.2) is 0 Å². The van der Waals surface area contributed by atoms with E-state index in [2.05, 4.69) is 34.6 Å². The van der Waals surface area contributed by atoms with E-state index in [9.17, 15) is 9.59 Å². The maximum atomic E-state index is 12.7. The monoisotopic (exact) mass is 431 g/mol. The molecule has 0 aliphatic carbocycles. The number of rotatable bonds is 7. The van der Waals surface area contributed by atoms with Gasteiger partial charge in [-0.1, -0.05) is 72.3 Å². The summed E-state index contributed by atoms with van der Waals surface area (Å²) in [4.78, 5) is 29.4. The lowest BCUT2D eigenvalue weighted by Crippen LogP contribution is -2.33. The van der Waals surface area contributed by atoms with Gasteiger partial charge in [-0.3, -0.25) is 14.2 Å². The summed E-state index contributed by atoms with van der Waals surface area (Å²) in [5.74, 6) is -0.0555. The second-order valence-corrected chi connectivity index (χ2v) is 7.79. The van der Waals surface area contributed by atoms with Crippen molar-refractivity contribution in [1.82, 2.24) is 14.9 Å². The van der Waals surface area contributed by atoms with E-state index in [1.807, 2.05) is 36.4 Å². The van der Waals surface area contributed by atoms with E-state index in [0.717, 1.165) is 6.42 Å². The second kappa shape index (κ2) is 9.58. The number of benzene rings is 3. The molecule has 0 unspecified atom stereocenters. The number of fused-ring (bicyclic) bond motifs is 1. The molecular formula is C25H22ClN3O2. The molecule has 1 heterocycles. The molecule has 0 radical (unpaired) electrons. The minimum Gasteiger partial charge on any atom is -0.355 e. The largest absolute Gasteiger partial charge is 0.355 e. The van der Waals surface area contributed by atoms with Gasteiger partial charge in [-0.25, -0.2) is 4.98 Å². The predicted octanol–water partition coefficient (Wildman–Crippen LogP) is 4.39. The molecule has 156 valence electrons. The number of amides is 1. The number of carbonyl (C=O) groups excluding carboxylic acids is 1. The summed E-state index contributed by atoms with van der Waals surface area (Å²) >= 11 is 5.99. The first-order valence-electron chi connectivity index (χ1n) is 10.1. The molecule has 0 saturated heterocycles. The molecule has 0 spiro atoms. The quantitative estimate of drug-likeness (QED) is 0.472. The highest BCUT2D eigenvalue weighted by molar-refractivity contribution is 6.31. The van der Waals surface area contributed by atoms with E-state index < -0.39 is 0 Å². The zero-order chi connectivity index (χ0) is 21.6. The molecule has 0 bridgehead atoms. The third-order valence-electron chi connectivity index (χ3n) is 5.26. The van der Waals surface area contributed by atoms with Gasteiger partial charge >= 0.3 is 0 Å². The standard InChI is InChI=1S/C25H22ClN3O2/c26-20-11-12-23-22(15-20)25(31)29(17-28-23)16-24(30)27-14-13-21(18-7-3-1-4-8-18)19-9-5-2-6-10-19/h1-12,15,17,21H,13-14,16H2,(H,27,30). The lowest BCUT2D eigenvalue weighted by Gasteiger charge is -2.18. The molecule has 3 aromatic carbocycles. The van der Waals surface area contributed by atoms with Gasteiger partial charge in [0, 0.05) is 17.5 Å². The Labute approximate surface area is 185 Å². The van der Waals surface area contributed by atoms with E-state index in [-0.39, 0.29) is 23.9 Å². The fourth-order valence-corrected chi connectivity index (χ4v) is 3.88. The molecule has 0 aliphatic heterocycles. The third kappa shape index (κ3) is 5.01. The minimum atomic E-state index is -0.283. The first-order chi connectivity index (χ1) is 15.1. The summed E-state index contributed by atoms with van der Waals surface area (Å²) in [5, 5.41) is 3.79. The zero-order valence-electron chi connectivity index (χ0n) is 16.9. The summed E-state index contributed by atoms with van der Waals surface area (Å²) < 4.78 is 1.31. The van der Waals surface area contributed by atoms with Gasteiger partial charge < -0.3 is 5.32 Å². The van der Waals surface area contributed by atoms with Crippen LogP contribution in [0.25, 0.3) is 10.9 Å². The zero-order valence-corrected chi connectivity index (χ0v) is 17.6. The number of nitrogens with zero attached hydrogens (tertiary/aromatic N) is 2. The number of aromatic nitrogens is 2. The molecule has 1 aromatic heterocycles. The molecule has 5 nitrogen and oxygen atoms in total. The molecule has 4 rings (SSSR count). The second-order valence-electron chi connectivity index (χ2n) is 7.35. The average molecular weight is 432 g/mol. The highest BCUT2D eigenvalue weighted by atomic mass is 35.5. The SMILES string of the molecule is O=C(Cn1cnc2ccc(Cl)cc2c1=O)NCCC(c1ccccc1)c1ccccc1. The van der Waals surface area contributed by atoms with Crippen LogP contribution in [0, 0.1) is 0 Å². The van der Waals surface area contributed by atoms with Crippen LogP contribution in [0.15, 0.2) is 90.0 Å². The maximum Gasteiger partial charge on any atom is 0.261 e. The first kappa shape index (κ1) is 20.8. The maximum absolute atomic E-state index is 12.7. The molecule has 31 heavy (non-hydrogen) atoms. The van der Waals surface area contributed by atoms with Crippen LogP contribution in [-0.4, -0.2) is 22.0 Å². The van der Waals surface area contributed by atoms with Crippen LogP contribution >= 0.6 is 11.6 Å². The third-order valence-corrected chi connectivity index (χ3v) is 5.49. The van der Waals surface area contributed by atoms with Gasteiger partial charge in [0.25, 0.3) is 5.56 Å². The van der Waals surface area contributed by atoms with Crippen LogP contribution in [0.1, 0.15) is 23.5 Å². The average Bonchev–Trinajstić information content (AvgIpc) is 2.80. The first-order valence-corrected chi connectivity index (χ1v) is 10.5. The Morgan fingerprint density at radius 2 is 1.61 bits per heavy atom. The van der Waals surface area contributed by atoms with Crippen LogP contribution in [-0.2, 0) is 11.3 Å². The summed E-state index contributed by atoms with van der Waals surface area (Å²) in [6.45, 7) is 0.407. The fourth-order valence-electron chi connectivity index (χ4n) is 3.71. The van der Waals surface area contributed by atoms with E-state index in [1.54, 1.807) is 18.2 Å². The number of halogens is 1. The van der Waals surface area contributed by atoms with Crippen molar-refractivity contribution >= 4 is 28.4 Å². The van der Waals surface area contributed by atoms with Crippen LogP contribution in [0.3, 0.4) is 0 Å². The Bertz CT molecular complexity index is 1200. The highest BCUT2D eigenvalue weighted by Gasteiger charge is 2.15. The van der Waals surface area contributed by atoms with E-state index in [4.69, 9.17) is 11.6 Å². The molecule has 0 fully saturated rings. The van der Waals surface area contributed by atoms with Crippen LogP contribution in [0.2, 0.25) is 5.02 Å². The molecule has 0 atom stereocenters. The van der Waals surface area contributed by atoms with Crippen molar-refractivity contribution in [3.8, 4) is 0 Å². The summed E-state index contributed by atoms with van der Waals surface area (Å²) in [5.41, 5.74) is 2.68. The lowest BCUT2D eigenvalue weighted by molar-refractivity contribution is -0.121. The van der Waals surface area contributed by atoms with Crippen LogP contribution < -0.4 is 10.9 Å². The summed E-state index contributed by atoms with van der Waals surface area (Å²) in [7, 11) is 0. The Kier molecular flexibility index (Phi) is 6.43. The van der Waals surface area contributed by atoms with Crippen LogP contribution in [0.4, 0.5) is 0 Å². The smallest absolute Gasteiger partial charge is 0.261 e.